The van der Waals surface area contributed by atoms with Crippen molar-refractivity contribution in [1.82, 2.24) is 29.3 Å². The minimum atomic E-state index is -0.263. The van der Waals surface area contributed by atoms with Crippen molar-refractivity contribution in [2.24, 2.45) is 0 Å². The summed E-state index contributed by atoms with van der Waals surface area (Å²) in [4.78, 5) is 33.5. The molecule has 2 aromatic heterocycles. The van der Waals surface area contributed by atoms with E-state index in [4.69, 9.17) is 0 Å². The predicted molar refractivity (Wildman–Crippen MR) is 151 cm³/mol. The summed E-state index contributed by atoms with van der Waals surface area (Å²) in [6.45, 7) is 13.3. The van der Waals surface area contributed by atoms with Gasteiger partial charge in [-0.1, -0.05) is 26.0 Å². The zero-order valence-electron chi connectivity index (χ0n) is 23.5. The molecule has 4 heterocycles. The lowest BCUT2D eigenvalue weighted by molar-refractivity contribution is 0.0606. The molecule has 39 heavy (non-hydrogen) atoms. The number of likely N-dealkylation sites (tertiary alicyclic amines) is 1. The first-order chi connectivity index (χ1) is 18.8. The number of halogens is 1. The Labute approximate surface area is 229 Å². The second kappa shape index (κ2) is 11.6. The van der Waals surface area contributed by atoms with Gasteiger partial charge in [-0.25, -0.2) is 19.3 Å². The fourth-order valence-electron chi connectivity index (χ4n) is 6.20. The number of piperidine rings is 1. The van der Waals surface area contributed by atoms with E-state index in [0.717, 1.165) is 56.6 Å². The Bertz CT molecular complexity index is 1390. The van der Waals surface area contributed by atoms with E-state index < -0.39 is 0 Å². The molecule has 0 amide bonds. The van der Waals surface area contributed by atoms with Crippen LogP contribution in [0.3, 0.4) is 0 Å². The summed E-state index contributed by atoms with van der Waals surface area (Å²) in [6.07, 6.45) is 3.70. The smallest absolute Gasteiger partial charge is 0.281 e. The zero-order chi connectivity index (χ0) is 27.7. The lowest BCUT2D eigenvalue weighted by atomic mass is 9.97. The van der Waals surface area contributed by atoms with Crippen molar-refractivity contribution in [1.29, 1.82) is 0 Å². The van der Waals surface area contributed by atoms with Gasteiger partial charge in [-0.3, -0.25) is 19.2 Å². The van der Waals surface area contributed by atoms with E-state index in [9.17, 15) is 14.3 Å². The topological polar surface area (TPSA) is 90.6 Å². The van der Waals surface area contributed by atoms with Crippen LogP contribution in [-0.4, -0.2) is 79.2 Å². The molecule has 0 aliphatic carbocycles. The molecule has 1 atom stereocenters. The Morgan fingerprint density at radius 1 is 1.05 bits per heavy atom. The molecule has 0 bridgehead atoms. The number of fused-ring (bicyclic) bond motifs is 1. The van der Waals surface area contributed by atoms with Gasteiger partial charge < -0.3 is 10.0 Å². The third-order valence-electron chi connectivity index (χ3n) is 8.40. The van der Waals surface area contributed by atoms with Gasteiger partial charge in [-0.05, 0) is 57.8 Å². The van der Waals surface area contributed by atoms with Crippen LogP contribution in [0.25, 0.3) is 11.2 Å². The Balaban J connectivity index is 1.27. The number of nitrogens with zero attached hydrogens (tertiary/aromatic N) is 7. The maximum Gasteiger partial charge on any atom is 0.281 e. The molecule has 2 saturated heterocycles. The standard InChI is InChI=1S/C29H40FN7O2/c1-5-21-18-35(27-28(38)32-25-26(33-27)31-24(6-2)36(7-3)29(25)39)14-15-37(21)22-10-12-34(13-11-22)17-20-9-8-19(4)16-23(20)30/h8-9,16,21-22H,5-7,10-15,17-18H2,1-4H3,(H,32,38)/t21-/m0/s1. The van der Waals surface area contributed by atoms with E-state index in [1.54, 1.807) is 10.6 Å². The van der Waals surface area contributed by atoms with Gasteiger partial charge >= 0.3 is 0 Å². The highest BCUT2D eigenvalue weighted by molar-refractivity contribution is 5.73. The van der Waals surface area contributed by atoms with Crippen molar-refractivity contribution >= 4 is 17.0 Å². The van der Waals surface area contributed by atoms with Crippen LogP contribution >= 0.6 is 0 Å². The number of anilines is 1. The van der Waals surface area contributed by atoms with Crippen LogP contribution in [0.1, 0.15) is 57.0 Å². The van der Waals surface area contributed by atoms with Crippen LogP contribution in [0.15, 0.2) is 23.0 Å². The molecule has 2 fully saturated rings. The molecule has 0 spiro atoms. The summed E-state index contributed by atoms with van der Waals surface area (Å²) in [6, 6.07) is 6.30. The summed E-state index contributed by atoms with van der Waals surface area (Å²) in [5.41, 5.74) is 1.86. The molecule has 10 heteroatoms. The molecule has 9 nitrogen and oxygen atoms in total. The second-order valence-corrected chi connectivity index (χ2v) is 10.8. The summed E-state index contributed by atoms with van der Waals surface area (Å²) >= 11 is 0. The highest BCUT2D eigenvalue weighted by atomic mass is 19.1. The Morgan fingerprint density at radius 2 is 1.82 bits per heavy atom. The summed E-state index contributed by atoms with van der Waals surface area (Å²) in [5.74, 6) is 0.747. The van der Waals surface area contributed by atoms with E-state index in [1.807, 2.05) is 32.9 Å². The minimum absolute atomic E-state index is 0.109. The average Bonchev–Trinajstić information content (AvgIpc) is 2.94. The molecule has 0 saturated carbocycles. The third-order valence-corrected chi connectivity index (χ3v) is 8.40. The minimum Gasteiger partial charge on any atom is -0.491 e. The Hall–Kier alpha value is -3.11. The van der Waals surface area contributed by atoms with Gasteiger partial charge in [-0.2, -0.15) is 0 Å². The lowest BCUT2D eigenvalue weighted by Gasteiger charge is -2.47. The largest absolute Gasteiger partial charge is 0.491 e. The summed E-state index contributed by atoms with van der Waals surface area (Å²) in [5, 5.41) is 10.8. The molecule has 0 radical (unpaired) electrons. The zero-order valence-corrected chi connectivity index (χ0v) is 23.5. The first kappa shape index (κ1) is 27.5. The number of hydrogen-bond acceptors (Lipinski definition) is 8. The van der Waals surface area contributed by atoms with Gasteiger partial charge in [0, 0.05) is 56.8 Å². The van der Waals surface area contributed by atoms with E-state index >= 15 is 0 Å². The van der Waals surface area contributed by atoms with Gasteiger partial charge in [0.25, 0.3) is 11.4 Å². The quantitative estimate of drug-likeness (QED) is 0.490. The average molecular weight is 538 g/mol. The number of rotatable bonds is 7. The van der Waals surface area contributed by atoms with Crippen LogP contribution in [0.5, 0.6) is 5.88 Å². The van der Waals surface area contributed by atoms with Gasteiger partial charge in [-0.15, -0.1) is 0 Å². The molecule has 3 aromatic rings. The fraction of sp³-hybridized carbons (Fsp3) is 0.586. The van der Waals surface area contributed by atoms with Crippen molar-refractivity contribution in [3.05, 3.63) is 51.3 Å². The summed E-state index contributed by atoms with van der Waals surface area (Å²) < 4.78 is 16.0. The van der Waals surface area contributed by atoms with Gasteiger partial charge in [0.05, 0.1) is 0 Å². The van der Waals surface area contributed by atoms with Gasteiger partial charge in [0.1, 0.15) is 11.6 Å². The fourth-order valence-corrected chi connectivity index (χ4v) is 6.20. The number of aromatic hydroxyl groups is 1. The van der Waals surface area contributed by atoms with Crippen LogP contribution < -0.4 is 10.5 Å². The van der Waals surface area contributed by atoms with Gasteiger partial charge in [0.15, 0.2) is 17.0 Å². The number of hydrogen-bond donors (Lipinski definition) is 1. The molecule has 5 rings (SSSR count). The molecule has 1 N–H and O–H groups in total. The maximum absolute atomic E-state index is 14.4. The van der Waals surface area contributed by atoms with Crippen LogP contribution in [0.2, 0.25) is 0 Å². The van der Waals surface area contributed by atoms with E-state index in [0.29, 0.717) is 55.4 Å². The van der Waals surface area contributed by atoms with Crippen LogP contribution in [0, 0.1) is 12.7 Å². The molecular weight excluding hydrogens is 497 g/mol. The lowest BCUT2D eigenvalue weighted by Crippen LogP contribution is -2.58. The monoisotopic (exact) mass is 537 g/mol. The van der Waals surface area contributed by atoms with Crippen LogP contribution in [-0.2, 0) is 19.5 Å². The highest BCUT2D eigenvalue weighted by Crippen LogP contribution is 2.30. The SMILES string of the molecule is CCc1nc2nc(N3CCN(C4CCN(Cc5ccc(C)cc5F)CC4)[C@@H](CC)C3)c(O)nc2c(=O)n1CC. The second-order valence-electron chi connectivity index (χ2n) is 10.8. The van der Waals surface area contributed by atoms with E-state index in [1.165, 1.54) is 0 Å². The maximum atomic E-state index is 14.4. The van der Waals surface area contributed by atoms with Crippen molar-refractivity contribution < 1.29 is 9.50 Å². The Morgan fingerprint density at radius 3 is 2.49 bits per heavy atom. The molecular formula is C29H40FN7O2. The van der Waals surface area contributed by atoms with Crippen LogP contribution in [0.4, 0.5) is 10.2 Å². The third kappa shape index (κ3) is 5.49. The summed E-state index contributed by atoms with van der Waals surface area (Å²) in [7, 11) is 0. The van der Waals surface area contributed by atoms with Crippen molar-refractivity contribution in [2.45, 2.75) is 78.6 Å². The normalized spacial score (nSPS) is 19.7. The predicted octanol–water partition coefficient (Wildman–Crippen LogP) is 3.49. The number of aryl methyl sites for hydroxylation is 2. The van der Waals surface area contributed by atoms with Crippen molar-refractivity contribution in [2.75, 3.05) is 37.6 Å². The number of benzene rings is 1. The molecule has 2 aliphatic heterocycles. The van der Waals surface area contributed by atoms with E-state index in [-0.39, 0.29) is 22.8 Å². The molecule has 210 valence electrons. The molecule has 1 aromatic carbocycles. The molecule has 2 aliphatic rings. The van der Waals surface area contributed by atoms with Crippen molar-refractivity contribution in [3.63, 3.8) is 0 Å². The molecule has 0 unspecified atom stereocenters. The van der Waals surface area contributed by atoms with E-state index in [2.05, 4.69) is 36.6 Å². The first-order valence-electron chi connectivity index (χ1n) is 14.3. The van der Waals surface area contributed by atoms with Crippen molar-refractivity contribution in [3.8, 4) is 5.88 Å². The van der Waals surface area contributed by atoms with Gasteiger partial charge in [0.2, 0.25) is 0 Å². The Kier molecular flexibility index (Phi) is 8.13. The first-order valence-corrected chi connectivity index (χ1v) is 14.3. The highest BCUT2D eigenvalue weighted by Gasteiger charge is 2.34. The number of piperazine rings is 1. The number of aromatic nitrogens is 4.